The fourth-order valence-electron chi connectivity index (χ4n) is 7.16. The first kappa shape index (κ1) is 23.4. The summed E-state index contributed by atoms with van der Waals surface area (Å²) >= 11 is 0. The standard InChI is InChI=1S/C39H27N3/c1-39(2)30-15-7-5-13-27(30)28-21-19-25(23-31(28)39)37-38(41-33-17-9-8-16-32(33)40-37)42-34-18-10-6-14-29(34)36-26-12-4-3-11-24(26)20-22-35(36)42/h3-23H,1-2H3. The Labute approximate surface area is 243 Å². The van der Waals surface area contributed by atoms with E-state index in [1.165, 1.54) is 43.8 Å². The summed E-state index contributed by atoms with van der Waals surface area (Å²) in [6.45, 7) is 4.65. The molecular weight excluding hydrogens is 510 g/mol. The van der Waals surface area contributed by atoms with Crippen molar-refractivity contribution in [2.75, 3.05) is 0 Å². The van der Waals surface area contributed by atoms with Crippen LogP contribution in [0.25, 0.3) is 71.8 Å². The van der Waals surface area contributed by atoms with Crippen molar-refractivity contribution in [3.05, 3.63) is 139 Å². The van der Waals surface area contributed by atoms with Gasteiger partial charge in [-0.2, -0.15) is 0 Å². The van der Waals surface area contributed by atoms with Crippen molar-refractivity contribution in [3.8, 4) is 28.2 Å². The lowest BCUT2D eigenvalue weighted by atomic mass is 9.82. The molecule has 42 heavy (non-hydrogen) atoms. The molecule has 0 aliphatic heterocycles. The number of fused-ring (bicyclic) bond motifs is 9. The molecule has 0 N–H and O–H groups in total. The first-order valence-corrected chi connectivity index (χ1v) is 14.5. The Morgan fingerprint density at radius 2 is 1.24 bits per heavy atom. The number of hydrogen-bond donors (Lipinski definition) is 0. The third-order valence-electron chi connectivity index (χ3n) is 9.18. The lowest BCUT2D eigenvalue weighted by Gasteiger charge is -2.22. The maximum absolute atomic E-state index is 5.34. The Bertz CT molecular complexity index is 2390. The molecule has 0 amide bonds. The highest BCUT2D eigenvalue weighted by Gasteiger charge is 2.35. The first-order valence-electron chi connectivity index (χ1n) is 14.5. The second kappa shape index (κ2) is 8.37. The van der Waals surface area contributed by atoms with Gasteiger partial charge in [0.1, 0.15) is 5.69 Å². The number of aromatic nitrogens is 3. The van der Waals surface area contributed by atoms with Crippen molar-refractivity contribution in [1.29, 1.82) is 0 Å². The molecule has 0 saturated carbocycles. The van der Waals surface area contributed by atoms with Gasteiger partial charge in [-0.05, 0) is 63.4 Å². The molecule has 9 rings (SSSR count). The van der Waals surface area contributed by atoms with E-state index < -0.39 is 0 Å². The van der Waals surface area contributed by atoms with E-state index in [4.69, 9.17) is 9.97 Å². The summed E-state index contributed by atoms with van der Waals surface area (Å²) in [5, 5.41) is 4.95. The molecule has 0 bridgehead atoms. The molecule has 3 nitrogen and oxygen atoms in total. The minimum atomic E-state index is -0.0991. The van der Waals surface area contributed by atoms with Gasteiger partial charge in [-0.1, -0.05) is 111 Å². The zero-order valence-corrected chi connectivity index (χ0v) is 23.5. The summed E-state index contributed by atoms with van der Waals surface area (Å²) in [6.07, 6.45) is 0. The first-order chi connectivity index (χ1) is 20.6. The molecule has 0 saturated heterocycles. The van der Waals surface area contributed by atoms with Crippen molar-refractivity contribution in [1.82, 2.24) is 14.5 Å². The van der Waals surface area contributed by atoms with Crippen LogP contribution in [-0.2, 0) is 5.41 Å². The van der Waals surface area contributed by atoms with Gasteiger partial charge in [0.2, 0.25) is 0 Å². The highest BCUT2D eigenvalue weighted by Crippen LogP contribution is 2.50. The van der Waals surface area contributed by atoms with Gasteiger partial charge in [0.15, 0.2) is 5.82 Å². The monoisotopic (exact) mass is 537 g/mol. The molecule has 3 heteroatoms. The average Bonchev–Trinajstić information content (AvgIpc) is 3.49. The van der Waals surface area contributed by atoms with Gasteiger partial charge >= 0.3 is 0 Å². The van der Waals surface area contributed by atoms with Crippen molar-refractivity contribution >= 4 is 43.6 Å². The van der Waals surface area contributed by atoms with E-state index in [1.807, 2.05) is 12.1 Å². The third kappa shape index (κ3) is 3.11. The summed E-state index contributed by atoms with van der Waals surface area (Å²) in [6, 6.07) is 45.6. The summed E-state index contributed by atoms with van der Waals surface area (Å²) in [5.41, 5.74) is 11.2. The van der Waals surface area contributed by atoms with Crippen molar-refractivity contribution in [3.63, 3.8) is 0 Å². The van der Waals surface area contributed by atoms with Gasteiger partial charge in [0.25, 0.3) is 0 Å². The molecule has 1 aliphatic carbocycles. The molecule has 8 aromatic rings. The number of benzene rings is 6. The average molecular weight is 538 g/mol. The Hall–Kier alpha value is -5.28. The van der Waals surface area contributed by atoms with E-state index in [-0.39, 0.29) is 5.41 Å². The second-order valence-electron chi connectivity index (χ2n) is 11.8. The molecule has 198 valence electrons. The molecule has 0 unspecified atom stereocenters. The molecule has 0 atom stereocenters. The van der Waals surface area contributed by atoms with Gasteiger partial charge in [-0.15, -0.1) is 0 Å². The van der Waals surface area contributed by atoms with Gasteiger partial charge in [-0.25, -0.2) is 9.97 Å². The zero-order chi connectivity index (χ0) is 28.0. The van der Waals surface area contributed by atoms with Crippen molar-refractivity contribution in [2.24, 2.45) is 0 Å². The van der Waals surface area contributed by atoms with Gasteiger partial charge in [-0.3, -0.25) is 4.57 Å². The van der Waals surface area contributed by atoms with Crippen LogP contribution in [0.2, 0.25) is 0 Å². The molecule has 0 radical (unpaired) electrons. The highest BCUT2D eigenvalue weighted by atomic mass is 15.1. The summed E-state index contributed by atoms with van der Waals surface area (Å²) in [4.78, 5) is 10.7. The summed E-state index contributed by atoms with van der Waals surface area (Å²) in [7, 11) is 0. The van der Waals surface area contributed by atoms with E-state index >= 15 is 0 Å². The molecular formula is C39H27N3. The Kier molecular flexibility index (Phi) is 4.67. The van der Waals surface area contributed by atoms with Crippen LogP contribution in [0.1, 0.15) is 25.0 Å². The van der Waals surface area contributed by atoms with Crippen LogP contribution < -0.4 is 0 Å². The van der Waals surface area contributed by atoms with Crippen LogP contribution in [0.15, 0.2) is 127 Å². The van der Waals surface area contributed by atoms with Crippen LogP contribution in [-0.4, -0.2) is 14.5 Å². The molecule has 2 aromatic heterocycles. The SMILES string of the molecule is CC1(C)c2ccccc2-c2ccc(-c3nc4ccccc4nc3-n3c4ccccc4c4c5ccccc5ccc43)cc21. The molecule has 6 aromatic carbocycles. The van der Waals surface area contributed by atoms with Gasteiger partial charge < -0.3 is 0 Å². The number of para-hydroxylation sites is 3. The van der Waals surface area contributed by atoms with Crippen LogP contribution in [0.5, 0.6) is 0 Å². The maximum Gasteiger partial charge on any atom is 0.165 e. The number of hydrogen-bond acceptors (Lipinski definition) is 2. The van der Waals surface area contributed by atoms with Crippen molar-refractivity contribution < 1.29 is 0 Å². The number of rotatable bonds is 2. The lowest BCUT2D eigenvalue weighted by molar-refractivity contribution is 0.660. The van der Waals surface area contributed by atoms with E-state index in [0.29, 0.717) is 0 Å². The van der Waals surface area contributed by atoms with Gasteiger partial charge in [0.05, 0.1) is 22.1 Å². The summed E-state index contributed by atoms with van der Waals surface area (Å²) < 4.78 is 2.32. The van der Waals surface area contributed by atoms with E-state index in [1.54, 1.807) is 0 Å². The van der Waals surface area contributed by atoms with Crippen LogP contribution in [0.3, 0.4) is 0 Å². The Morgan fingerprint density at radius 3 is 2.12 bits per heavy atom. The zero-order valence-electron chi connectivity index (χ0n) is 23.5. The predicted octanol–water partition coefficient (Wildman–Crippen LogP) is 9.85. The van der Waals surface area contributed by atoms with Crippen LogP contribution in [0.4, 0.5) is 0 Å². The number of nitrogens with zero attached hydrogens (tertiary/aromatic N) is 3. The lowest BCUT2D eigenvalue weighted by Crippen LogP contribution is -2.15. The van der Waals surface area contributed by atoms with E-state index in [0.717, 1.165) is 39.1 Å². The Balaban J connectivity index is 1.39. The predicted molar refractivity (Wildman–Crippen MR) is 174 cm³/mol. The normalized spacial score (nSPS) is 13.7. The van der Waals surface area contributed by atoms with Gasteiger partial charge in [0, 0.05) is 21.8 Å². The molecule has 0 spiro atoms. The topological polar surface area (TPSA) is 30.7 Å². The fourth-order valence-corrected chi connectivity index (χ4v) is 7.16. The molecule has 2 heterocycles. The van der Waals surface area contributed by atoms with E-state index in [9.17, 15) is 0 Å². The van der Waals surface area contributed by atoms with Crippen LogP contribution >= 0.6 is 0 Å². The third-order valence-corrected chi connectivity index (χ3v) is 9.18. The highest BCUT2D eigenvalue weighted by molar-refractivity contribution is 6.21. The molecule has 0 fully saturated rings. The summed E-state index contributed by atoms with van der Waals surface area (Å²) in [5.74, 6) is 0.850. The van der Waals surface area contributed by atoms with E-state index in [2.05, 4.69) is 134 Å². The molecule has 1 aliphatic rings. The largest absolute Gasteiger partial charge is 0.292 e. The van der Waals surface area contributed by atoms with Crippen molar-refractivity contribution in [2.45, 2.75) is 19.3 Å². The Morgan fingerprint density at radius 1 is 0.548 bits per heavy atom. The minimum Gasteiger partial charge on any atom is -0.292 e. The fraction of sp³-hybridized carbons (Fsp3) is 0.0769. The quantitative estimate of drug-likeness (QED) is 0.220. The van der Waals surface area contributed by atoms with Crippen LogP contribution in [0, 0.1) is 0 Å². The minimum absolute atomic E-state index is 0.0991. The second-order valence-corrected chi connectivity index (χ2v) is 11.8. The smallest absolute Gasteiger partial charge is 0.165 e. The maximum atomic E-state index is 5.34.